The maximum Gasteiger partial charge on any atom is 0.270 e. The van der Waals surface area contributed by atoms with Gasteiger partial charge in [-0.25, -0.2) is 0 Å². The number of nitro benzene ring substituents is 1. The number of hydrogen-bond donors (Lipinski definition) is 0. The molecule has 0 aromatic heterocycles. The zero-order chi connectivity index (χ0) is 18.1. The van der Waals surface area contributed by atoms with E-state index >= 15 is 0 Å². The van der Waals surface area contributed by atoms with Crippen molar-refractivity contribution < 1.29 is 24.0 Å². The lowest BCUT2D eigenvalue weighted by atomic mass is 10.1. The molecule has 0 spiro atoms. The highest BCUT2D eigenvalue weighted by atomic mass is 16.6. The number of fused-ring (bicyclic) bond motifs is 1. The Morgan fingerprint density at radius 3 is 2.32 bits per heavy atom. The summed E-state index contributed by atoms with van der Waals surface area (Å²) in [5.74, 6) is -1.21. The van der Waals surface area contributed by atoms with Gasteiger partial charge in [-0.2, -0.15) is 0 Å². The van der Waals surface area contributed by atoms with Gasteiger partial charge in [0, 0.05) is 17.7 Å². The quantitative estimate of drug-likeness (QED) is 0.357. The van der Waals surface area contributed by atoms with Gasteiger partial charge in [-0.3, -0.25) is 29.4 Å². The average Bonchev–Trinajstić information content (AvgIpc) is 2.86. The maximum atomic E-state index is 12.4. The van der Waals surface area contributed by atoms with Crippen LogP contribution in [0.25, 0.3) is 0 Å². The van der Waals surface area contributed by atoms with E-state index in [1.165, 1.54) is 25.3 Å². The molecule has 0 fully saturated rings. The highest BCUT2D eigenvalue weighted by Gasteiger charge is 2.37. The van der Waals surface area contributed by atoms with Crippen LogP contribution < -0.4 is 4.74 Å². The Morgan fingerprint density at radius 2 is 1.72 bits per heavy atom. The summed E-state index contributed by atoms with van der Waals surface area (Å²) in [6, 6.07) is 9.68. The second kappa shape index (κ2) is 6.16. The molecule has 0 N–H and O–H groups in total. The number of nitrogens with zero attached hydrogens (tertiary/aromatic N) is 2. The summed E-state index contributed by atoms with van der Waals surface area (Å²) in [7, 11) is 1.49. The second-order valence-electron chi connectivity index (χ2n) is 5.34. The fraction of sp³-hybridized carbons (Fsp3) is 0.118. The third-order valence-corrected chi connectivity index (χ3v) is 3.88. The summed E-state index contributed by atoms with van der Waals surface area (Å²) in [4.78, 5) is 48.0. The van der Waals surface area contributed by atoms with Gasteiger partial charge in [0.2, 0.25) is 0 Å². The molecule has 0 atom stereocenters. The van der Waals surface area contributed by atoms with E-state index < -0.39 is 29.1 Å². The van der Waals surface area contributed by atoms with E-state index in [0.29, 0.717) is 11.3 Å². The third-order valence-electron chi connectivity index (χ3n) is 3.88. The monoisotopic (exact) mass is 340 g/mol. The first-order valence-corrected chi connectivity index (χ1v) is 7.24. The van der Waals surface area contributed by atoms with Crippen LogP contribution in [0, 0.1) is 10.1 Å². The number of methoxy groups -OCH3 is 1. The molecule has 8 nitrogen and oxygen atoms in total. The second-order valence-corrected chi connectivity index (χ2v) is 5.34. The van der Waals surface area contributed by atoms with E-state index in [0.717, 1.165) is 17.0 Å². The molecule has 0 bridgehead atoms. The molecule has 0 saturated heterocycles. The first-order chi connectivity index (χ1) is 11.9. The standard InChI is InChI=1S/C17H12N2O6/c1-25-12-5-2-10(3-6-12)15(20)9-18-16(21)13-7-4-11(19(23)24)8-14(13)17(18)22/h2-8H,9H2,1H3. The molecular formula is C17H12N2O6. The highest BCUT2D eigenvalue weighted by molar-refractivity contribution is 6.23. The molecule has 3 rings (SSSR count). The van der Waals surface area contributed by atoms with Crippen LogP contribution in [0.15, 0.2) is 42.5 Å². The number of nitro groups is 1. The molecule has 1 aliphatic rings. The first kappa shape index (κ1) is 16.3. The lowest BCUT2D eigenvalue weighted by Gasteiger charge is -2.12. The number of Topliss-reactive ketones (excluding diaryl/α,β-unsaturated/α-hetero) is 1. The Morgan fingerprint density at radius 1 is 1.08 bits per heavy atom. The SMILES string of the molecule is COc1ccc(C(=O)CN2C(=O)c3ccc([N+](=O)[O-])cc3C2=O)cc1. The van der Waals surface area contributed by atoms with E-state index in [1.54, 1.807) is 12.1 Å². The Hall–Kier alpha value is -3.55. The number of non-ortho nitro benzene ring substituents is 1. The van der Waals surface area contributed by atoms with Crippen LogP contribution in [0.1, 0.15) is 31.1 Å². The Bertz CT molecular complexity index is 904. The van der Waals surface area contributed by atoms with Gasteiger partial charge in [0.25, 0.3) is 17.5 Å². The van der Waals surface area contributed by atoms with Gasteiger partial charge in [-0.15, -0.1) is 0 Å². The molecule has 25 heavy (non-hydrogen) atoms. The molecule has 126 valence electrons. The minimum atomic E-state index is -0.717. The molecule has 0 saturated carbocycles. The number of hydrogen-bond acceptors (Lipinski definition) is 6. The van der Waals surface area contributed by atoms with Crippen LogP contribution in [0.3, 0.4) is 0 Å². The van der Waals surface area contributed by atoms with Crippen molar-refractivity contribution in [2.75, 3.05) is 13.7 Å². The Labute approximate surface area is 141 Å². The molecule has 1 aliphatic heterocycles. The third kappa shape index (κ3) is 2.85. The van der Waals surface area contributed by atoms with Crippen molar-refractivity contribution in [2.24, 2.45) is 0 Å². The number of rotatable bonds is 5. The largest absolute Gasteiger partial charge is 0.497 e. The van der Waals surface area contributed by atoms with Crippen molar-refractivity contribution in [1.29, 1.82) is 0 Å². The van der Waals surface area contributed by atoms with Crippen molar-refractivity contribution in [1.82, 2.24) is 4.90 Å². The minimum Gasteiger partial charge on any atom is -0.497 e. The van der Waals surface area contributed by atoms with Gasteiger partial charge in [-0.1, -0.05) is 0 Å². The van der Waals surface area contributed by atoms with Crippen LogP contribution in [0.4, 0.5) is 5.69 Å². The fourth-order valence-corrected chi connectivity index (χ4v) is 2.55. The number of benzene rings is 2. The summed E-state index contributed by atoms with van der Waals surface area (Å²) in [6.45, 7) is -0.438. The van der Waals surface area contributed by atoms with Crippen molar-refractivity contribution in [3.8, 4) is 5.75 Å². The van der Waals surface area contributed by atoms with E-state index in [-0.39, 0.29) is 16.8 Å². The highest BCUT2D eigenvalue weighted by Crippen LogP contribution is 2.27. The number of carbonyl (C=O) groups is 3. The molecule has 2 amide bonds. The van der Waals surface area contributed by atoms with Crippen LogP contribution in [0.2, 0.25) is 0 Å². The van der Waals surface area contributed by atoms with Gasteiger partial charge in [0.15, 0.2) is 5.78 Å². The minimum absolute atomic E-state index is 0.0538. The average molecular weight is 340 g/mol. The van der Waals surface area contributed by atoms with Crippen molar-refractivity contribution >= 4 is 23.3 Å². The first-order valence-electron chi connectivity index (χ1n) is 7.24. The molecule has 1 heterocycles. The summed E-state index contributed by atoms with van der Waals surface area (Å²) >= 11 is 0. The predicted molar refractivity (Wildman–Crippen MR) is 85.8 cm³/mol. The van der Waals surface area contributed by atoms with Gasteiger partial charge < -0.3 is 4.74 Å². The normalized spacial score (nSPS) is 12.9. The molecule has 8 heteroatoms. The number of ketones is 1. The van der Waals surface area contributed by atoms with Crippen LogP contribution in [-0.2, 0) is 0 Å². The van der Waals surface area contributed by atoms with Gasteiger partial charge in [-0.05, 0) is 30.3 Å². The summed E-state index contributed by atoms with van der Waals surface area (Å²) in [6.07, 6.45) is 0. The maximum absolute atomic E-state index is 12.4. The number of amides is 2. The van der Waals surface area contributed by atoms with Gasteiger partial charge >= 0.3 is 0 Å². The Balaban J connectivity index is 1.83. The predicted octanol–water partition coefficient (Wildman–Crippen LogP) is 2.08. The summed E-state index contributed by atoms with van der Waals surface area (Å²) < 4.78 is 5.00. The topological polar surface area (TPSA) is 107 Å². The van der Waals surface area contributed by atoms with Crippen LogP contribution in [0.5, 0.6) is 5.75 Å². The van der Waals surface area contributed by atoms with Crippen molar-refractivity contribution in [2.45, 2.75) is 0 Å². The molecular weight excluding hydrogens is 328 g/mol. The van der Waals surface area contributed by atoms with E-state index in [4.69, 9.17) is 4.74 Å². The Kier molecular flexibility index (Phi) is 4.02. The lowest BCUT2D eigenvalue weighted by Crippen LogP contribution is -2.34. The summed E-state index contributed by atoms with van der Waals surface area (Å²) in [5, 5.41) is 10.8. The molecule has 0 unspecified atom stereocenters. The molecule has 0 radical (unpaired) electrons. The van der Waals surface area contributed by atoms with Crippen LogP contribution >= 0.6 is 0 Å². The van der Waals surface area contributed by atoms with Crippen LogP contribution in [-0.4, -0.2) is 41.1 Å². The van der Waals surface area contributed by atoms with Crippen molar-refractivity contribution in [3.63, 3.8) is 0 Å². The zero-order valence-corrected chi connectivity index (χ0v) is 13.1. The smallest absolute Gasteiger partial charge is 0.270 e. The molecule has 2 aromatic carbocycles. The van der Waals surface area contributed by atoms with E-state index in [2.05, 4.69) is 0 Å². The van der Waals surface area contributed by atoms with Gasteiger partial charge in [0.1, 0.15) is 5.75 Å². The zero-order valence-electron chi connectivity index (χ0n) is 13.1. The molecule has 0 aliphatic carbocycles. The van der Waals surface area contributed by atoms with E-state index in [9.17, 15) is 24.5 Å². The number of carbonyl (C=O) groups excluding carboxylic acids is 3. The van der Waals surface area contributed by atoms with Gasteiger partial charge in [0.05, 0.1) is 29.7 Å². The summed E-state index contributed by atoms with van der Waals surface area (Å²) in [5.41, 5.74) is 0.0198. The lowest BCUT2D eigenvalue weighted by molar-refractivity contribution is -0.384. The number of ether oxygens (including phenoxy) is 1. The van der Waals surface area contributed by atoms with E-state index in [1.807, 2.05) is 0 Å². The fourth-order valence-electron chi connectivity index (χ4n) is 2.55. The molecule has 2 aromatic rings. The number of imide groups is 1. The van der Waals surface area contributed by atoms with Crippen molar-refractivity contribution in [3.05, 3.63) is 69.3 Å².